The Morgan fingerprint density at radius 1 is 1.11 bits per heavy atom. The molecular formula is C22H25N3O2. The van der Waals surface area contributed by atoms with Crippen molar-refractivity contribution < 1.29 is 9.59 Å². The van der Waals surface area contributed by atoms with E-state index < -0.39 is 0 Å². The highest BCUT2D eigenvalue weighted by atomic mass is 16.2. The van der Waals surface area contributed by atoms with Gasteiger partial charge < -0.3 is 15.1 Å². The molecule has 1 saturated heterocycles. The molecule has 0 radical (unpaired) electrons. The van der Waals surface area contributed by atoms with Crippen molar-refractivity contribution in [3.8, 4) is 0 Å². The van der Waals surface area contributed by atoms with E-state index >= 15 is 0 Å². The summed E-state index contributed by atoms with van der Waals surface area (Å²) in [7, 11) is 0. The zero-order valence-electron chi connectivity index (χ0n) is 15.6. The average Bonchev–Trinajstić information content (AvgIpc) is 2.95. The maximum Gasteiger partial charge on any atom is 0.257 e. The van der Waals surface area contributed by atoms with Crippen LogP contribution in [0.15, 0.2) is 48.5 Å². The lowest BCUT2D eigenvalue weighted by atomic mass is 10.0. The third-order valence-corrected chi connectivity index (χ3v) is 5.51. The van der Waals surface area contributed by atoms with Gasteiger partial charge in [-0.15, -0.1) is 0 Å². The van der Waals surface area contributed by atoms with Crippen molar-refractivity contribution >= 4 is 23.2 Å². The topological polar surface area (TPSA) is 52.7 Å². The molecule has 0 aliphatic carbocycles. The van der Waals surface area contributed by atoms with E-state index in [0.717, 1.165) is 43.7 Å². The minimum Gasteiger partial charge on any atom is -0.351 e. The van der Waals surface area contributed by atoms with Crippen LogP contribution in [0.25, 0.3) is 0 Å². The number of hydrogen-bond donors (Lipinski definition) is 1. The van der Waals surface area contributed by atoms with Gasteiger partial charge in [-0.05, 0) is 56.5 Å². The summed E-state index contributed by atoms with van der Waals surface area (Å²) in [6, 6.07) is 14.8. The summed E-state index contributed by atoms with van der Waals surface area (Å²) in [6.07, 6.45) is 4.45. The first-order valence-corrected chi connectivity index (χ1v) is 9.77. The zero-order chi connectivity index (χ0) is 18.8. The number of nitrogens with one attached hydrogen (secondary N) is 1. The minimum atomic E-state index is -0.157. The summed E-state index contributed by atoms with van der Waals surface area (Å²) in [5.74, 6) is -0.0626. The highest BCUT2D eigenvalue weighted by Gasteiger charge is 2.37. The Morgan fingerprint density at radius 3 is 2.70 bits per heavy atom. The molecule has 0 saturated carbocycles. The summed E-state index contributed by atoms with van der Waals surface area (Å²) in [5, 5.41) is 2.92. The highest BCUT2D eigenvalue weighted by molar-refractivity contribution is 6.08. The molecule has 5 nitrogen and oxygen atoms in total. The Bertz CT molecular complexity index is 850. The number of carbonyl (C=O) groups is 2. The molecule has 1 N–H and O–H groups in total. The van der Waals surface area contributed by atoms with Gasteiger partial charge in [0.25, 0.3) is 11.8 Å². The molecule has 0 bridgehead atoms. The van der Waals surface area contributed by atoms with Crippen LogP contribution in [0.4, 0.5) is 11.4 Å². The fourth-order valence-corrected chi connectivity index (χ4v) is 4.16. The molecule has 1 atom stereocenters. The lowest BCUT2D eigenvalue weighted by molar-refractivity contribution is 0.0656. The second-order valence-electron chi connectivity index (χ2n) is 7.17. The van der Waals surface area contributed by atoms with Crippen molar-refractivity contribution in [2.75, 3.05) is 23.3 Å². The van der Waals surface area contributed by atoms with Crippen LogP contribution in [0.5, 0.6) is 0 Å². The van der Waals surface area contributed by atoms with Crippen LogP contribution in [-0.2, 0) is 0 Å². The maximum atomic E-state index is 13.0. The molecule has 2 aliphatic rings. The number of nitrogens with zero attached hydrogens (tertiary/aromatic N) is 2. The first-order chi connectivity index (χ1) is 13.2. The van der Waals surface area contributed by atoms with E-state index in [1.807, 2.05) is 41.3 Å². The van der Waals surface area contributed by atoms with Crippen LogP contribution >= 0.6 is 0 Å². The van der Waals surface area contributed by atoms with Crippen molar-refractivity contribution in [2.24, 2.45) is 0 Å². The third-order valence-electron chi connectivity index (χ3n) is 5.51. The summed E-state index contributed by atoms with van der Waals surface area (Å²) in [6.45, 7) is 3.74. The monoisotopic (exact) mass is 363 g/mol. The highest BCUT2D eigenvalue weighted by Crippen LogP contribution is 2.35. The lowest BCUT2D eigenvalue weighted by Gasteiger charge is -2.44. The Balaban J connectivity index is 1.67. The van der Waals surface area contributed by atoms with Gasteiger partial charge in [0, 0.05) is 24.3 Å². The van der Waals surface area contributed by atoms with Gasteiger partial charge >= 0.3 is 0 Å². The molecule has 1 fully saturated rings. The Morgan fingerprint density at radius 2 is 1.93 bits per heavy atom. The van der Waals surface area contributed by atoms with E-state index in [2.05, 4.69) is 17.1 Å². The smallest absolute Gasteiger partial charge is 0.257 e. The van der Waals surface area contributed by atoms with Crippen LogP contribution < -0.4 is 10.2 Å². The molecular weight excluding hydrogens is 338 g/mol. The Kier molecular flexibility index (Phi) is 4.84. The molecule has 0 spiro atoms. The maximum absolute atomic E-state index is 13.0. The van der Waals surface area contributed by atoms with Gasteiger partial charge in [0.1, 0.15) is 6.17 Å². The number of anilines is 2. The molecule has 2 heterocycles. The Labute approximate surface area is 160 Å². The van der Waals surface area contributed by atoms with Crippen LogP contribution in [0, 0.1) is 0 Å². The predicted molar refractivity (Wildman–Crippen MR) is 107 cm³/mol. The first kappa shape index (κ1) is 17.6. The van der Waals surface area contributed by atoms with E-state index in [9.17, 15) is 9.59 Å². The quantitative estimate of drug-likeness (QED) is 0.892. The van der Waals surface area contributed by atoms with Crippen LogP contribution in [-0.4, -0.2) is 36.0 Å². The van der Waals surface area contributed by atoms with Crippen molar-refractivity contribution in [3.63, 3.8) is 0 Å². The molecule has 1 unspecified atom stereocenters. The lowest BCUT2D eigenvalue weighted by Crippen LogP contribution is -2.55. The number of rotatable bonds is 3. The van der Waals surface area contributed by atoms with E-state index in [1.54, 1.807) is 12.1 Å². The minimum absolute atomic E-state index is 0.0941. The molecule has 140 valence electrons. The Hall–Kier alpha value is -2.82. The molecule has 2 amide bonds. The van der Waals surface area contributed by atoms with Gasteiger partial charge in [-0.25, -0.2) is 0 Å². The van der Waals surface area contributed by atoms with Gasteiger partial charge in [-0.3, -0.25) is 9.59 Å². The SMILES string of the molecule is CCN1c2cc(C(=O)Nc3ccccc3)ccc2C(=O)N2CCCCCC21. The summed E-state index contributed by atoms with van der Waals surface area (Å²) < 4.78 is 0. The molecule has 2 aromatic rings. The standard InChI is InChI=1S/C22H25N3O2/c1-2-24-19-15-16(21(26)23-17-9-5-3-6-10-17)12-13-18(19)22(27)25-14-8-4-7-11-20(24)25/h3,5-6,9-10,12-13,15,20H,2,4,7-8,11,14H2,1H3,(H,23,26). The summed E-state index contributed by atoms with van der Waals surface area (Å²) in [4.78, 5) is 30.0. The molecule has 27 heavy (non-hydrogen) atoms. The number of carbonyl (C=O) groups excluding carboxylic acids is 2. The number of fused-ring (bicyclic) bond motifs is 2. The fourth-order valence-electron chi connectivity index (χ4n) is 4.16. The van der Waals surface area contributed by atoms with Crippen molar-refractivity contribution in [1.82, 2.24) is 4.90 Å². The van der Waals surface area contributed by atoms with Gasteiger partial charge in [0.05, 0.1) is 11.3 Å². The second-order valence-corrected chi connectivity index (χ2v) is 7.17. The number of amides is 2. The fraction of sp³-hybridized carbons (Fsp3) is 0.364. The van der Waals surface area contributed by atoms with E-state index in [4.69, 9.17) is 0 Å². The van der Waals surface area contributed by atoms with Gasteiger partial charge in [-0.2, -0.15) is 0 Å². The molecule has 5 heteroatoms. The van der Waals surface area contributed by atoms with Crippen LogP contribution in [0.2, 0.25) is 0 Å². The number of benzene rings is 2. The zero-order valence-corrected chi connectivity index (χ0v) is 15.6. The van der Waals surface area contributed by atoms with Crippen LogP contribution in [0.1, 0.15) is 53.3 Å². The van der Waals surface area contributed by atoms with Gasteiger partial charge in [0.2, 0.25) is 0 Å². The van der Waals surface area contributed by atoms with Crippen molar-refractivity contribution in [2.45, 2.75) is 38.8 Å². The summed E-state index contributed by atoms with van der Waals surface area (Å²) in [5.41, 5.74) is 2.92. The number of para-hydroxylation sites is 1. The predicted octanol–water partition coefficient (Wildman–Crippen LogP) is 4.12. The third kappa shape index (κ3) is 3.29. The molecule has 0 aromatic heterocycles. The normalized spacial score (nSPS) is 19.1. The average molecular weight is 363 g/mol. The van der Waals surface area contributed by atoms with Gasteiger partial charge in [0.15, 0.2) is 0 Å². The van der Waals surface area contributed by atoms with E-state index in [1.165, 1.54) is 6.42 Å². The van der Waals surface area contributed by atoms with Gasteiger partial charge in [-0.1, -0.05) is 24.6 Å². The number of hydrogen-bond acceptors (Lipinski definition) is 3. The van der Waals surface area contributed by atoms with E-state index in [0.29, 0.717) is 11.1 Å². The molecule has 2 aliphatic heterocycles. The van der Waals surface area contributed by atoms with Crippen molar-refractivity contribution in [3.05, 3.63) is 59.7 Å². The second kappa shape index (κ2) is 7.43. The molecule has 4 rings (SSSR count). The largest absolute Gasteiger partial charge is 0.351 e. The van der Waals surface area contributed by atoms with Crippen molar-refractivity contribution in [1.29, 1.82) is 0 Å². The molecule has 2 aromatic carbocycles. The van der Waals surface area contributed by atoms with Crippen LogP contribution in [0.3, 0.4) is 0 Å². The summed E-state index contributed by atoms with van der Waals surface area (Å²) >= 11 is 0. The van der Waals surface area contributed by atoms with E-state index in [-0.39, 0.29) is 18.0 Å². The first-order valence-electron chi connectivity index (χ1n) is 9.77.